The van der Waals surface area contributed by atoms with Crippen LogP contribution in [-0.2, 0) is 10.3 Å². The van der Waals surface area contributed by atoms with Crippen molar-refractivity contribution in [3.05, 3.63) is 22.8 Å². The van der Waals surface area contributed by atoms with Gasteiger partial charge in [-0.05, 0) is 44.7 Å². The number of rotatable bonds is 4. The molecule has 1 heterocycles. The molecule has 0 spiro atoms. The molecule has 2 N–H and O–H groups in total. The molecule has 0 saturated heterocycles. The summed E-state index contributed by atoms with van der Waals surface area (Å²) in [4.78, 5) is 9.64. The Morgan fingerprint density at radius 1 is 1.10 bits per heavy atom. The van der Waals surface area contributed by atoms with E-state index in [9.17, 15) is 0 Å². The van der Waals surface area contributed by atoms with Crippen molar-refractivity contribution in [1.29, 1.82) is 0 Å². The van der Waals surface area contributed by atoms with Crippen molar-refractivity contribution in [2.45, 2.75) is 70.8 Å². The molecule has 1 aliphatic rings. The fourth-order valence-electron chi connectivity index (χ4n) is 3.58. The summed E-state index contributed by atoms with van der Waals surface area (Å²) in [6, 6.07) is 0. The van der Waals surface area contributed by atoms with E-state index in [4.69, 9.17) is 20.4 Å². The van der Waals surface area contributed by atoms with E-state index in [-0.39, 0.29) is 5.60 Å². The first-order chi connectivity index (χ1) is 10.0. The quantitative estimate of drug-likeness (QED) is 0.864. The minimum absolute atomic E-state index is 0.295. The monoisotopic (exact) mass is 291 g/mol. The van der Waals surface area contributed by atoms with Gasteiger partial charge in [0, 0.05) is 18.5 Å². The maximum absolute atomic E-state index is 5.93. The summed E-state index contributed by atoms with van der Waals surface area (Å²) in [6.07, 6.45) is 6.99. The molecule has 0 aliphatic heterocycles. The number of aryl methyl sites for hydroxylation is 2. The van der Waals surface area contributed by atoms with Crippen LogP contribution in [0.15, 0.2) is 0 Å². The number of hydrogen-bond acceptors (Lipinski definition) is 4. The predicted octanol–water partition coefficient (Wildman–Crippen LogP) is 3.35. The highest BCUT2D eigenvalue weighted by molar-refractivity contribution is 5.29. The van der Waals surface area contributed by atoms with Crippen LogP contribution in [0.3, 0.4) is 0 Å². The van der Waals surface area contributed by atoms with Crippen LogP contribution in [0.1, 0.15) is 74.1 Å². The highest BCUT2D eigenvalue weighted by atomic mass is 16.5. The van der Waals surface area contributed by atoms with Crippen molar-refractivity contribution >= 4 is 0 Å². The van der Waals surface area contributed by atoms with Crippen LogP contribution in [0.5, 0.6) is 0 Å². The van der Waals surface area contributed by atoms with Crippen LogP contribution in [0.4, 0.5) is 0 Å². The first kappa shape index (κ1) is 16.4. The van der Waals surface area contributed by atoms with Gasteiger partial charge in [0.25, 0.3) is 0 Å². The first-order valence-corrected chi connectivity index (χ1v) is 8.15. The molecule has 1 aromatic heterocycles. The molecule has 1 aromatic rings. The van der Waals surface area contributed by atoms with E-state index >= 15 is 0 Å². The van der Waals surface area contributed by atoms with Gasteiger partial charge in [0.05, 0.1) is 0 Å². The summed E-state index contributed by atoms with van der Waals surface area (Å²) < 4.78 is 5.93. The van der Waals surface area contributed by atoms with E-state index in [0.29, 0.717) is 12.5 Å². The minimum atomic E-state index is -0.295. The van der Waals surface area contributed by atoms with Crippen LogP contribution >= 0.6 is 0 Å². The van der Waals surface area contributed by atoms with Crippen molar-refractivity contribution < 1.29 is 4.74 Å². The van der Waals surface area contributed by atoms with Gasteiger partial charge in [-0.25, -0.2) is 9.97 Å². The average Bonchev–Trinajstić information content (AvgIpc) is 2.72. The molecule has 4 nitrogen and oxygen atoms in total. The zero-order valence-corrected chi connectivity index (χ0v) is 13.9. The maximum atomic E-state index is 5.93. The highest BCUT2D eigenvalue weighted by Crippen LogP contribution is 2.38. The fourth-order valence-corrected chi connectivity index (χ4v) is 3.58. The fraction of sp³-hybridized carbons (Fsp3) is 0.765. The molecule has 4 heteroatoms. The molecular weight excluding hydrogens is 262 g/mol. The van der Waals surface area contributed by atoms with Gasteiger partial charge >= 0.3 is 0 Å². The molecule has 21 heavy (non-hydrogen) atoms. The number of hydrogen-bond donors (Lipinski definition) is 1. The van der Waals surface area contributed by atoms with E-state index in [1.165, 1.54) is 31.2 Å². The molecule has 1 saturated carbocycles. The lowest BCUT2D eigenvalue weighted by Gasteiger charge is -2.31. The van der Waals surface area contributed by atoms with Gasteiger partial charge in [-0.15, -0.1) is 0 Å². The molecule has 1 fully saturated rings. The van der Waals surface area contributed by atoms with Gasteiger partial charge in [0.2, 0.25) is 0 Å². The average molecular weight is 291 g/mol. The zero-order chi connectivity index (χ0) is 15.5. The van der Waals surface area contributed by atoms with Crippen molar-refractivity contribution in [3.8, 4) is 0 Å². The minimum Gasteiger partial charge on any atom is -0.370 e. The normalized spacial score (nSPS) is 20.0. The molecule has 2 rings (SSSR count). The van der Waals surface area contributed by atoms with E-state index in [0.717, 1.165) is 30.1 Å². The number of nitrogens with zero attached hydrogens (tertiary/aromatic N) is 2. The Balaban J connectivity index is 2.43. The molecule has 1 aliphatic carbocycles. The Bertz CT molecular complexity index is 456. The third-order valence-corrected chi connectivity index (χ3v) is 4.88. The third-order valence-electron chi connectivity index (χ3n) is 4.88. The van der Waals surface area contributed by atoms with Crippen molar-refractivity contribution in [2.75, 3.05) is 13.7 Å². The number of ether oxygens (including phenoxy) is 1. The number of methoxy groups -OCH3 is 1. The SMILES string of the molecule is COC1(c2nc(C)c(C(C)CN)c(C)n2)CCCCCC1. The molecule has 1 atom stereocenters. The summed E-state index contributed by atoms with van der Waals surface area (Å²) in [6.45, 7) is 6.90. The lowest BCUT2D eigenvalue weighted by molar-refractivity contribution is -0.0354. The summed E-state index contributed by atoms with van der Waals surface area (Å²) in [5, 5.41) is 0. The van der Waals surface area contributed by atoms with Gasteiger partial charge in [-0.2, -0.15) is 0 Å². The Morgan fingerprint density at radius 2 is 1.62 bits per heavy atom. The predicted molar refractivity (Wildman–Crippen MR) is 85.4 cm³/mol. The molecular formula is C17H29N3O. The third kappa shape index (κ3) is 3.27. The van der Waals surface area contributed by atoms with E-state index < -0.39 is 0 Å². The second kappa shape index (κ2) is 6.84. The van der Waals surface area contributed by atoms with Crippen molar-refractivity contribution in [1.82, 2.24) is 9.97 Å². The van der Waals surface area contributed by atoms with Crippen molar-refractivity contribution in [2.24, 2.45) is 5.73 Å². The molecule has 118 valence electrons. The highest BCUT2D eigenvalue weighted by Gasteiger charge is 2.36. The Labute approximate surface area is 128 Å². The van der Waals surface area contributed by atoms with E-state index in [1.54, 1.807) is 7.11 Å². The van der Waals surface area contributed by atoms with Crippen LogP contribution in [0.25, 0.3) is 0 Å². The topological polar surface area (TPSA) is 61.0 Å². The van der Waals surface area contributed by atoms with Crippen molar-refractivity contribution in [3.63, 3.8) is 0 Å². The van der Waals surface area contributed by atoms with Gasteiger partial charge in [-0.3, -0.25) is 0 Å². The van der Waals surface area contributed by atoms with Crippen LogP contribution in [-0.4, -0.2) is 23.6 Å². The summed E-state index contributed by atoms with van der Waals surface area (Å²) in [5.41, 5.74) is 8.82. The van der Waals surface area contributed by atoms with E-state index in [2.05, 4.69) is 20.8 Å². The lowest BCUT2D eigenvalue weighted by Crippen LogP contribution is -2.31. The van der Waals surface area contributed by atoms with Crippen LogP contribution < -0.4 is 5.73 Å². The summed E-state index contributed by atoms with van der Waals surface area (Å²) >= 11 is 0. The van der Waals surface area contributed by atoms with Crippen LogP contribution in [0, 0.1) is 13.8 Å². The Hall–Kier alpha value is -1.00. The van der Waals surface area contributed by atoms with Crippen LogP contribution in [0.2, 0.25) is 0 Å². The van der Waals surface area contributed by atoms with Gasteiger partial charge in [-0.1, -0.05) is 32.6 Å². The second-order valence-corrected chi connectivity index (χ2v) is 6.38. The molecule has 0 radical (unpaired) electrons. The largest absolute Gasteiger partial charge is 0.370 e. The molecule has 0 bridgehead atoms. The lowest BCUT2D eigenvalue weighted by atomic mass is 9.91. The molecule has 1 unspecified atom stereocenters. The Kier molecular flexibility index (Phi) is 5.33. The van der Waals surface area contributed by atoms with E-state index in [1.807, 2.05) is 0 Å². The first-order valence-electron chi connectivity index (χ1n) is 8.15. The van der Waals surface area contributed by atoms with Gasteiger partial charge < -0.3 is 10.5 Å². The molecule has 0 aromatic carbocycles. The second-order valence-electron chi connectivity index (χ2n) is 6.38. The smallest absolute Gasteiger partial charge is 0.160 e. The summed E-state index contributed by atoms with van der Waals surface area (Å²) in [7, 11) is 1.80. The number of aromatic nitrogens is 2. The maximum Gasteiger partial charge on any atom is 0.160 e. The summed E-state index contributed by atoms with van der Waals surface area (Å²) in [5.74, 6) is 1.17. The van der Waals surface area contributed by atoms with Gasteiger partial charge in [0.1, 0.15) is 5.60 Å². The number of nitrogens with two attached hydrogens (primary N) is 1. The Morgan fingerprint density at radius 3 is 2.05 bits per heavy atom. The zero-order valence-electron chi connectivity index (χ0n) is 13.9. The van der Waals surface area contributed by atoms with Gasteiger partial charge in [0.15, 0.2) is 5.82 Å². The standard InChI is InChI=1S/C17H29N3O/c1-12(11-18)15-13(2)19-16(20-14(15)3)17(21-4)9-7-5-6-8-10-17/h12H,5-11,18H2,1-4H3. The molecule has 0 amide bonds.